The minimum Gasteiger partial charge on any atom is -0.486 e. The van der Waals surface area contributed by atoms with Crippen LogP contribution in [0.1, 0.15) is 23.9 Å². The highest BCUT2D eigenvalue weighted by atomic mass is 35.5. The van der Waals surface area contributed by atoms with Crippen LogP contribution in [0, 0.1) is 19.7 Å². The smallest absolute Gasteiger partial charge is 0.234 e. The van der Waals surface area contributed by atoms with Crippen LogP contribution in [-0.4, -0.2) is 26.4 Å². The zero-order chi connectivity index (χ0) is 21.7. The second-order valence-corrected chi connectivity index (χ2v) is 8.07. The molecule has 3 rings (SSSR count). The number of nitrogens with zero attached hydrogens (tertiary/aromatic N) is 3. The van der Waals surface area contributed by atoms with Crippen molar-refractivity contribution in [1.82, 2.24) is 14.8 Å². The molecule has 0 spiro atoms. The number of hydrogen-bond acceptors (Lipinski definition) is 5. The zero-order valence-electron chi connectivity index (χ0n) is 16.9. The van der Waals surface area contributed by atoms with Gasteiger partial charge in [0.25, 0.3) is 0 Å². The van der Waals surface area contributed by atoms with Crippen LogP contribution in [0.3, 0.4) is 0 Å². The van der Waals surface area contributed by atoms with Gasteiger partial charge in [-0.05, 0) is 56.2 Å². The van der Waals surface area contributed by atoms with E-state index in [-0.39, 0.29) is 23.3 Å². The molecule has 1 amide bonds. The fourth-order valence-corrected chi connectivity index (χ4v) is 3.93. The van der Waals surface area contributed by atoms with E-state index in [1.165, 1.54) is 30.0 Å². The van der Waals surface area contributed by atoms with Gasteiger partial charge >= 0.3 is 0 Å². The maximum absolute atomic E-state index is 13.3. The van der Waals surface area contributed by atoms with E-state index in [4.69, 9.17) is 16.3 Å². The first kappa shape index (κ1) is 22.1. The van der Waals surface area contributed by atoms with Crippen molar-refractivity contribution in [1.29, 1.82) is 0 Å². The second kappa shape index (κ2) is 9.95. The van der Waals surface area contributed by atoms with Gasteiger partial charge in [0.15, 0.2) is 11.0 Å². The fourth-order valence-electron chi connectivity index (χ4n) is 2.94. The standard InChI is InChI=1S/C21H22ClFN4O2S/c1-4-27-19(11-29-16-5-6-18(23)17(22)10-16)25-26-21(27)30-12-20(28)24-15-8-13(2)7-14(3)9-15/h5-10H,4,11-12H2,1-3H3,(H,24,28). The first-order valence-corrected chi connectivity index (χ1v) is 10.7. The topological polar surface area (TPSA) is 69.0 Å². The predicted molar refractivity (Wildman–Crippen MR) is 117 cm³/mol. The number of aryl methyl sites for hydroxylation is 2. The Morgan fingerprint density at radius 2 is 1.93 bits per heavy atom. The van der Waals surface area contributed by atoms with Gasteiger partial charge in [0, 0.05) is 18.3 Å². The highest BCUT2D eigenvalue weighted by Crippen LogP contribution is 2.23. The highest BCUT2D eigenvalue weighted by molar-refractivity contribution is 7.99. The Labute approximate surface area is 183 Å². The largest absolute Gasteiger partial charge is 0.486 e. The van der Waals surface area contributed by atoms with Gasteiger partial charge in [0.05, 0.1) is 10.8 Å². The van der Waals surface area contributed by atoms with Crippen molar-refractivity contribution in [3.63, 3.8) is 0 Å². The molecule has 2 aromatic carbocycles. The van der Waals surface area contributed by atoms with Gasteiger partial charge in [-0.25, -0.2) is 4.39 Å². The molecular weight excluding hydrogens is 427 g/mol. The van der Waals surface area contributed by atoms with Crippen LogP contribution >= 0.6 is 23.4 Å². The van der Waals surface area contributed by atoms with Crippen molar-refractivity contribution in [3.8, 4) is 5.75 Å². The summed E-state index contributed by atoms with van der Waals surface area (Å²) >= 11 is 7.08. The summed E-state index contributed by atoms with van der Waals surface area (Å²) in [5.41, 5.74) is 2.97. The lowest BCUT2D eigenvalue weighted by Gasteiger charge is -2.10. The molecule has 0 unspecified atom stereocenters. The number of ether oxygens (including phenoxy) is 1. The van der Waals surface area contributed by atoms with Gasteiger partial charge in [-0.3, -0.25) is 4.79 Å². The lowest BCUT2D eigenvalue weighted by atomic mass is 10.1. The molecule has 0 saturated carbocycles. The zero-order valence-corrected chi connectivity index (χ0v) is 18.5. The first-order chi connectivity index (χ1) is 14.4. The van der Waals surface area contributed by atoms with E-state index < -0.39 is 5.82 Å². The molecule has 0 fully saturated rings. The minimum absolute atomic E-state index is 0.00415. The van der Waals surface area contributed by atoms with E-state index in [0.717, 1.165) is 16.8 Å². The van der Waals surface area contributed by atoms with Crippen LogP contribution in [0.4, 0.5) is 10.1 Å². The van der Waals surface area contributed by atoms with E-state index in [2.05, 4.69) is 21.6 Å². The lowest BCUT2D eigenvalue weighted by molar-refractivity contribution is -0.113. The number of amides is 1. The summed E-state index contributed by atoms with van der Waals surface area (Å²) in [7, 11) is 0. The molecule has 30 heavy (non-hydrogen) atoms. The summed E-state index contributed by atoms with van der Waals surface area (Å²) < 4.78 is 20.8. The molecule has 0 aliphatic heterocycles. The summed E-state index contributed by atoms with van der Waals surface area (Å²) in [6, 6.07) is 10.1. The number of rotatable bonds is 8. The van der Waals surface area contributed by atoms with Crippen LogP contribution in [0.25, 0.3) is 0 Å². The number of nitrogens with one attached hydrogen (secondary N) is 1. The van der Waals surface area contributed by atoms with Crippen molar-refractivity contribution in [2.45, 2.75) is 39.1 Å². The Bertz CT molecular complexity index is 1040. The maximum atomic E-state index is 13.3. The Hall–Kier alpha value is -2.58. The number of benzene rings is 2. The average molecular weight is 449 g/mol. The van der Waals surface area contributed by atoms with Gasteiger partial charge in [0.2, 0.25) is 5.91 Å². The van der Waals surface area contributed by atoms with E-state index in [9.17, 15) is 9.18 Å². The number of thioether (sulfide) groups is 1. The van der Waals surface area contributed by atoms with Crippen molar-refractivity contribution in [2.24, 2.45) is 0 Å². The monoisotopic (exact) mass is 448 g/mol. The average Bonchev–Trinajstić information content (AvgIpc) is 3.08. The van der Waals surface area contributed by atoms with Gasteiger partial charge in [-0.15, -0.1) is 10.2 Å². The Balaban J connectivity index is 1.59. The van der Waals surface area contributed by atoms with E-state index >= 15 is 0 Å². The van der Waals surface area contributed by atoms with Gasteiger partial charge in [-0.1, -0.05) is 29.4 Å². The Morgan fingerprint density at radius 1 is 1.20 bits per heavy atom. The third kappa shape index (κ3) is 5.73. The lowest BCUT2D eigenvalue weighted by Crippen LogP contribution is -2.15. The Morgan fingerprint density at radius 3 is 2.60 bits per heavy atom. The summed E-state index contributed by atoms with van der Waals surface area (Å²) in [5, 5.41) is 11.9. The molecule has 0 aliphatic rings. The van der Waals surface area contributed by atoms with Gasteiger partial charge in [0.1, 0.15) is 18.2 Å². The molecule has 3 aromatic rings. The number of anilines is 1. The van der Waals surface area contributed by atoms with Gasteiger partial charge in [-0.2, -0.15) is 0 Å². The van der Waals surface area contributed by atoms with E-state index in [1.54, 1.807) is 0 Å². The van der Waals surface area contributed by atoms with Crippen LogP contribution in [0.5, 0.6) is 5.75 Å². The van der Waals surface area contributed by atoms with E-state index in [0.29, 0.717) is 23.3 Å². The van der Waals surface area contributed by atoms with Crippen molar-refractivity contribution in [3.05, 3.63) is 64.2 Å². The number of hydrogen-bond donors (Lipinski definition) is 1. The first-order valence-electron chi connectivity index (χ1n) is 9.36. The summed E-state index contributed by atoms with van der Waals surface area (Å²) in [4.78, 5) is 12.3. The third-order valence-corrected chi connectivity index (χ3v) is 5.46. The second-order valence-electron chi connectivity index (χ2n) is 6.72. The predicted octanol–water partition coefficient (Wildman–Crippen LogP) is 5.02. The van der Waals surface area contributed by atoms with Gasteiger partial charge < -0.3 is 14.6 Å². The maximum Gasteiger partial charge on any atom is 0.234 e. The molecule has 0 radical (unpaired) electrons. The number of halogens is 2. The molecule has 1 heterocycles. The Kier molecular flexibility index (Phi) is 7.33. The molecule has 6 nitrogen and oxygen atoms in total. The SMILES string of the molecule is CCn1c(COc2ccc(F)c(Cl)c2)nnc1SCC(=O)Nc1cc(C)cc(C)c1. The van der Waals surface area contributed by atoms with Crippen LogP contribution in [0.15, 0.2) is 41.6 Å². The normalized spacial score (nSPS) is 10.8. The number of carbonyl (C=O) groups excluding carboxylic acids is 1. The molecule has 0 bridgehead atoms. The molecule has 0 atom stereocenters. The van der Waals surface area contributed by atoms with Crippen molar-refractivity contribution >= 4 is 35.0 Å². The highest BCUT2D eigenvalue weighted by Gasteiger charge is 2.14. The van der Waals surface area contributed by atoms with E-state index in [1.807, 2.05) is 37.5 Å². The fraction of sp³-hybridized carbons (Fsp3) is 0.286. The number of carbonyl (C=O) groups is 1. The number of aromatic nitrogens is 3. The van der Waals surface area contributed by atoms with Crippen molar-refractivity contribution < 1.29 is 13.9 Å². The molecule has 1 aromatic heterocycles. The molecule has 158 valence electrons. The van der Waals surface area contributed by atoms with Crippen LogP contribution in [0.2, 0.25) is 5.02 Å². The molecule has 0 saturated heterocycles. The molecule has 1 N–H and O–H groups in total. The minimum atomic E-state index is -0.501. The third-order valence-electron chi connectivity index (χ3n) is 4.21. The van der Waals surface area contributed by atoms with Crippen LogP contribution in [-0.2, 0) is 17.9 Å². The molecule has 0 aliphatic carbocycles. The molecular formula is C21H22ClFN4O2S. The summed E-state index contributed by atoms with van der Waals surface area (Å²) in [5.74, 6) is 0.636. The summed E-state index contributed by atoms with van der Waals surface area (Å²) in [6.07, 6.45) is 0. The summed E-state index contributed by atoms with van der Waals surface area (Å²) in [6.45, 7) is 6.71. The van der Waals surface area contributed by atoms with Crippen LogP contribution < -0.4 is 10.1 Å². The molecule has 9 heteroatoms. The van der Waals surface area contributed by atoms with Crippen molar-refractivity contribution in [2.75, 3.05) is 11.1 Å². The quantitative estimate of drug-likeness (QED) is 0.490.